The summed E-state index contributed by atoms with van der Waals surface area (Å²) in [5.41, 5.74) is 0.641. The smallest absolute Gasteiger partial charge is 0.174 e. The third kappa shape index (κ3) is 4.47. The van der Waals surface area contributed by atoms with Crippen LogP contribution < -0.4 is 14.2 Å². The third-order valence-electron chi connectivity index (χ3n) is 3.82. The van der Waals surface area contributed by atoms with Gasteiger partial charge in [-0.25, -0.2) is 0 Å². The van der Waals surface area contributed by atoms with Crippen LogP contribution in [0.5, 0.6) is 17.2 Å². The number of ether oxygens (including phenoxy) is 3. The normalized spacial score (nSPS) is 10.1. The van der Waals surface area contributed by atoms with Crippen molar-refractivity contribution in [3.05, 3.63) is 53.6 Å². The van der Waals surface area contributed by atoms with Crippen LogP contribution in [-0.2, 0) is 4.79 Å². The largest absolute Gasteiger partial charge is 0.496 e. The molecule has 0 spiro atoms. The van der Waals surface area contributed by atoms with E-state index in [1.54, 1.807) is 30.3 Å². The number of carbonyl (C=O) groups excluding carboxylic acids is 3. The van der Waals surface area contributed by atoms with Crippen molar-refractivity contribution >= 4 is 17.3 Å². The van der Waals surface area contributed by atoms with Crippen LogP contribution in [0.25, 0.3) is 0 Å². The summed E-state index contributed by atoms with van der Waals surface area (Å²) >= 11 is 0. The molecule has 0 aliphatic heterocycles. The molecule has 0 N–H and O–H groups in total. The van der Waals surface area contributed by atoms with Crippen LogP contribution in [0.2, 0.25) is 0 Å². The van der Waals surface area contributed by atoms with E-state index in [-0.39, 0.29) is 23.5 Å². The van der Waals surface area contributed by atoms with E-state index in [0.29, 0.717) is 17.1 Å². The van der Waals surface area contributed by atoms with Crippen molar-refractivity contribution in [3.63, 3.8) is 0 Å². The summed E-state index contributed by atoms with van der Waals surface area (Å²) in [6, 6.07) is 11.5. The number of methoxy groups -OCH3 is 3. The highest BCUT2D eigenvalue weighted by atomic mass is 16.5. The summed E-state index contributed by atoms with van der Waals surface area (Å²) in [6.07, 6.45) is -0.726. The zero-order valence-electron chi connectivity index (χ0n) is 14.9. The molecule has 0 radical (unpaired) electrons. The van der Waals surface area contributed by atoms with E-state index in [9.17, 15) is 14.4 Å². The highest BCUT2D eigenvalue weighted by Gasteiger charge is 2.21. The van der Waals surface area contributed by atoms with Gasteiger partial charge in [-0.1, -0.05) is 30.3 Å². The van der Waals surface area contributed by atoms with E-state index in [1.165, 1.54) is 33.5 Å². The molecule has 0 fully saturated rings. The van der Waals surface area contributed by atoms with Crippen molar-refractivity contribution in [2.45, 2.75) is 12.8 Å². The van der Waals surface area contributed by atoms with Crippen LogP contribution in [0.1, 0.15) is 33.6 Å². The van der Waals surface area contributed by atoms with Crippen molar-refractivity contribution in [3.8, 4) is 17.2 Å². The van der Waals surface area contributed by atoms with Crippen molar-refractivity contribution < 1.29 is 28.6 Å². The molecule has 26 heavy (non-hydrogen) atoms. The van der Waals surface area contributed by atoms with Crippen LogP contribution in [0, 0.1) is 0 Å². The first-order valence-corrected chi connectivity index (χ1v) is 7.93. The molecule has 2 aromatic rings. The monoisotopic (exact) mass is 356 g/mol. The molecule has 0 aromatic heterocycles. The van der Waals surface area contributed by atoms with Crippen LogP contribution in [0.15, 0.2) is 42.5 Å². The van der Waals surface area contributed by atoms with Crippen molar-refractivity contribution in [1.29, 1.82) is 0 Å². The summed E-state index contributed by atoms with van der Waals surface area (Å²) in [6.45, 7) is 0. The van der Waals surface area contributed by atoms with Gasteiger partial charge in [0.15, 0.2) is 23.1 Å². The van der Waals surface area contributed by atoms with Gasteiger partial charge in [0.1, 0.15) is 11.5 Å². The van der Waals surface area contributed by atoms with E-state index in [0.717, 1.165) is 0 Å². The summed E-state index contributed by atoms with van der Waals surface area (Å²) in [4.78, 5) is 36.7. The summed E-state index contributed by atoms with van der Waals surface area (Å²) in [7, 11) is 4.33. The predicted octanol–water partition coefficient (Wildman–Crippen LogP) is 3.13. The Bertz CT molecular complexity index is 811. The molecule has 2 rings (SSSR count). The molecule has 0 atom stereocenters. The second-order valence-electron chi connectivity index (χ2n) is 5.51. The Hall–Kier alpha value is -3.15. The van der Waals surface area contributed by atoms with Gasteiger partial charge < -0.3 is 14.2 Å². The van der Waals surface area contributed by atoms with Crippen molar-refractivity contribution in [1.82, 2.24) is 0 Å². The molecule has 0 unspecified atom stereocenters. The zero-order valence-corrected chi connectivity index (χ0v) is 14.9. The first-order valence-electron chi connectivity index (χ1n) is 7.93. The Balaban J connectivity index is 2.14. The molecule has 0 saturated carbocycles. The molecular formula is C20H20O6. The number of carbonyl (C=O) groups is 3. The Morgan fingerprint density at radius 2 is 1.27 bits per heavy atom. The zero-order chi connectivity index (χ0) is 19.1. The van der Waals surface area contributed by atoms with Gasteiger partial charge in [0.2, 0.25) is 0 Å². The first kappa shape index (κ1) is 19.2. The molecule has 2 aromatic carbocycles. The molecule has 0 aliphatic carbocycles. The number of Topliss-reactive ketones (excluding diaryl/α,β-unsaturated/α-hetero) is 3. The minimum Gasteiger partial charge on any atom is -0.496 e. The SMILES string of the molecule is COc1cc(OC)c(C(=O)CC(=O)CC(=O)c2ccccc2)cc1OC. The quantitative estimate of drug-likeness (QED) is 0.507. The Labute approximate surface area is 151 Å². The standard InChI is InChI=1S/C20H20O6/c1-24-18-12-20(26-3)19(25-2)11-15(18)17(23)10-14(21)9-16(22)13-7-5-4-6-8-13/h4-8,11-12H,9-10H2,1-3H3. The summed E-state index contributed by atoms with van der Waals surface area (Å²) < 4.78 is 15.6. The maximum Gasteiger partial charge on any atom is 0.174 e. The van der Waals surface area contributed by atoms with Crippen LogP contribution in [0.4, 0.5) is 0 Å². The summed E-state index contributed by atoms with van der Waals surface area (Å²) in [5, 5.41) is 0. The molecule has 6 heteroatoms. The van der Waals surface area contributed by atoms with Gasteiger partial charge in [-0.05, 0) is 6.07 Å². The molecule has 0 saturated heterocycles. The van der Waals surface area contributed by atoms with Gasteiger partial charge in [0.05, 0.1) is 39.7 Å². The lowest BCUT2D eigenvalue weighted by Crippen LogP contribution is -2.14. The maximum absolute atomic E-state index is 12.5. The second kappa shape index (κ2) is 8.80. The van der Waals surface area contributed by atoms with Gasteiger partial charge in [0, 0.05) is 11.6 Å². The lowest BCUT2D eigenvalue weighted by atomic mass is 9.99. The Morgan fingerprint density at radius 1 is 0.731 bits per heavy atom. The topological polar surface area (TPSA) is 78.9 Å². The fraction of sp³-hybridized carbons (Fsp3) is 0.250. The van der Waals surface area contributed by atoms with Gasteiger partial charge in [-0.2, -0.15) is 0 Å². The Morgan fingerprint density at radius 3 is 1.85 bits per heavy atom. The summed E-state index contributed by atoms with van der Waals surface area (Å²) in [5.74, 6) is -0.192. The number of hydrogen-bond donors (Lipinski definition) is 0. The van der Waals surface area contributed by atoms with Crippen molar-refractivity contribution in [2.24, 2.45) is 0 Å². The predicted molar refractivity (Wildman–Crippen MR) is 95.4 cm³/mol. The molecule has 0 aliphatic rings. The number of benzene rings is 2. The van der Waals surface area contributed by atoms with E-state index >= 15 is 0 Å². The fourth-order valence-electron chi connectivity index (χ4n) is 2.49. The number of rotatable bonds is 9. The lowest BCUT2D eigenvalue weighted by Gasteiger charge is -2.13. The van der Waals surface area contributed by atoms with E-state index < -0.39 is 18.0 Å². The van der Waals surface area contributed by atoms with Crippen LogP contribution >= 0.6 is 0 Å². The van der Waals surface area contributed by atoms with Crippen LogP contribution in [-0.4, -0.2) is 38.7 Å². The fourth-order valence-corrected chi connectivity index (χ4v) is 2.49. The maximum atomic E-state index is 12.5. The molecule has 0 amide bonds. The Kier molecular flexibility index (Phi) is 6.49. The van der Waals surface area contributed by atoms with E-state index in [1.807, 2.05) is 0 Å². The third-order valence-corrected chi connectivity index (χ3v) is 3.82. The molecule has 0 heterocycles. The first-order chi connectivity index (χ1) is 12.5. The highest BCUT2D eigenvalue weighted by molar-refractivity contribution is 6.16. The van der Waals surface area contributed by atoms with Crippen LogP contribution in [0.3, 0.4) is 0 Å². The number of ketones is 3. The van der Waals surface area contributed by atoms with Gasteiger partial charge in [-0.3, -0.25) is 14.4 Å². The molecule has 6 nitrogen and oxygen atoms in total. The van der Waals surface area contributed by atoms with Crippen molar-refractivity contribution in [2.75, 3.05) is 21.3 Å². The average Bonchev–Trinajstić information content (AvgIpc) is 2.67. The van der Waals surface area contributed by atoms with E-state index in [4.69, 9.17) is 14.2 Å². The molecular weight excluding hydrogens is 336 g/mol. The average molecular weight is 356 g/mol. The molecule has 136 valence electrons. The minimum absolute atomic E-state index is 0.200. The highest BCUT2D eigenvalue weighted by Crippen LogP contribution is 2.35. The minimum atomic E-state index is -0.458. The van der Waals surface area contributed by atoms with E-state index in [2.05, 4.69) is 0 Å². The number of hydrogen-bond acceptors (Lipinski definition) is 6. The van der Waals surface area contributed by atoms with Gasteiger partial charge >= 0.3 is 0 Å². The van der Waals surface area contributed by atoms with Gasteiger partial charge in [0.25, 0.3) is 0 Å². The lowest BCUT2D eigenvalue weighted by molar-refractivity contribution is -0.117. The second-order valence-corrected chi connectivity index (χ2v) is 5.51. The molecule has 0 bridgehead atoms. The van der Waals surface area contributed by atoms with Gasteiger partial charge in [-0.15, -0.1) is 0 Å².